The van der Waals surface area contributed by atoms with Crippen LogP contribution >= 0.6 is 12.4 Å². The van der Waals surface area contributed by atoms with Gasteiger partial charge in [-0.3, -0.25) is 4.79 Å². The highest BCUT2D eigenvalue weighted by Gasteiger charge is 2.27. The molecule has 1 aliphatic rings. The fourth-order valence-corrected chi connectivity index (χ4v) is 2.42. The average Bonchev–Trinajstić information content (AvgIpc) is 2.31. The van der Waals surface area contributed by atoms with Gasteiger partial charge in [-0.2, -0.15) is 0 Å². The van der Waals surface area contributed by atoms with E-state index in [0.29, 0.717) is 25.1 Å². The summed E-state index contributed by atoms with van der Waals surface area (Å²) in [6, 6.07) is 0.357. The summed E-state index contributed by atoms with van der Waals surface area (Å²) in [4.78, 5) is 11.7. The maximum absolute atomic E-state index is 11.7. The molecule has 0 aromatic heterocycles. The molecule has 0 spiro atoms. The first-order valence-electron chi connectivity index (χ1n) is 6.64. The molecule has 1 fully saturated rings. The highest BCUT2D eigenvalue weighted by molar-refractivity contribution is 5.85. The number of hydrogen-bond acceptors (Lipinski definition) is 3. The van der Waals surface area contributed by atoms with Crippen LogP contribution in [0.2, 0.25) is 0 Å². The van der Waals surface area contributed by atoms with E-state index in [9.17, 15) is 4.79 Å². The van der Waals surface area contributed by atoms with Crippen molar-refractivity contribution >= 4 is 18.3 Å². The van der Waals surface area contributed by atoms with E-state index in [1.165, 1.54) is 12.8 Å². The summed E-state index contributed by atoms with van der Waals surface area (Å²) in [5.41, 5.74) is 0. The topological polar surface area (TPSA) is 50.4 Å². The summed E-state index contributed by atoms with van der Waals surface area (Å²) >= 11 is 0. The number of halogens is 1. The smallest absolute Gasteiger partial charge is 0.234 e. The van der Waals surface area contributed by atoms with Crippen LogP contribution in [0, 0.1) is 11.8 Å². The predicted octanol–water partition coefficient (Wildman–Crippen LogP) is 1.59. The van der Waals surface area contributed by atoms with Gasteiger partial charge in [0.15, 0.2) is 0 Å². The minimum atomic E-state index is 0. The lowest BCUT2D eigenvalue weighted by Crippen LogP contribution is -2.46. The van der Waals surface area contributed by atoms with Crippen molar-refractivity contribution in [1.82, 2.24) is 10.6 Å². The number of methoxy groups -OCH3 is 1. The molecule has 1 saturated carbocycles. The lowest BCUT2D eigenvalue weighted by molar-refractivity contribution is -0.121. The second-order valence-electron chi connectivity index (χ2n) is 5.11. The molecule has 108 valence electrons. The number of rotatable bonds is 6. The van der Waals surface area contributed by atoms with Crippen LogP contribution in [0.25, 0.3) is 0 Å². The molecule has 0 heterocycles. The lowest BCUT2D eigenvalue weighted by atomic mass is 9.78. The van der Waals surface area contributed by atoms with Crippen molar-refractivity contribution in [3.05, 3.63) is 0 Å². The monoisotopic (exact) mass is 278 g/mol. The van der Waals surface area contributed by atoms with Crippen LogP contribution < -0.4 is 10.6 Å². The summed E-state index contributed by atoms with van der Waals surface area (Å²) in [5, 5.41) is 6.20. The molecule has 1 rings (SSSR count). The molecule has 5 heteroatoms. The summed E-state index contributed by atoms with van der Waals surface area (Å²) < 4.78 is 4.91. The first-order chi connectivity index (χ1) is 8.15. The third kappa shape index (κ3) is 6.03. The largest absolute Gasteiger partial charge is 0.383 e. The molecule has 2 N–H and O–H groups in total. The second kappa shape index (κ2) is 9.59. The Morgan fingerprint density at radius 1 is 1.33 bits per heavy atom. The Hall–Kier alpha value is -0.320. The SMILES string of the molecule is COCCNCC(=O)NC1CCCC(C)C1C.Cl. The predicted molar refractivity (Wildman–Crippen MR) is 76.1 cm³/mol. The molecular formula is C13H27ClN2O2. The first-order valence-corrected chi connectivity index (χ1v) is 6.64. The molecule has 0 bridgehead atoms. The summed E-state index contributed by atoms with van der Waals surface area (Å²) in [6.07, 6.45) is 3.64. The van der Waals surface area contributed by atoms with E-state index < -0.39 is 0 Å². The molecule has 0 aromatic carbocycles. The fraction of sp³-hybridized carbons (Fsp3) is 0.923. The van der Waals surface area contributed by atoms with E-state index in [1.807, 2.05) is 0 Å². The quantitative estimate of drug-likeness (QED) is 0.726. The van der Waals surface area contributed by atoms with Crippen LogP contribution in [-0.2, 0) is 9.53 Å². The van der Waals surface area contributed by atoms with Gasteiger partial charge in [-0.25, -0.2) is 0 Å². The second-order valence-corrected chi connectivity index (χ2v) is 5.11. The van der Waals surface area contributed by atoms with Crippen LogP contribution in [0.3, 0.4) is 0 Å². The van der Waals surface area contributed by atoms with Crippen molar-refractivity contribution in [3.8, 4) is 0 Å². The molecule has 4 nitrogen and oxygen atoms in total. The van der Waals surface area contributed by atoms with E-state index >= 15 is 0 Å². The third-order valence-electron chi connectivity index (χ3n) is 3.82. The zero-order valence-corrected chi connectivity index (χ0v) is 12.5. The number of hydrogen-bond donors (Lipinski definition) is 2. The van der Waals surface area contributed by atoms with Gasteiger partial charge in [-0.05, 0) is 18.3 Å². The van der Waals surface area contributed by atoms with E-state index in [-0.39, 0.29) is 18.3 Å². The van der Waals surface area contributed by atoms with Gasteiger partial charge >= 0.3 is 0 Å². The summed E-state index contributed by atoms with van der Waals surface area (Å²) in [5.74, 6) is 1.41. The number of nitrogens with one attached hydrogen (secondary N) is 2. The maximum Gasteiger partial charge on any atom is 0.234 e. The molecular weight excluding hydrogens is 252 g/mol. The lowest BCUT2D eigenvalue weighted by Gasteiger charge is -2.34. The molecule has 0 aromatic rings. The van der Waals surface area contributed by atoms with Gasteiger partial charge in [-0.1, -0.05) is 26.7 Å². The number of ether oxygens (including phenoxy) is 1. The molecule has 0 saturated heterocycles. The standard InChI is InChI=1S/C13H26N2O2.ClH/c1-10-5-4-6-12(11(10)2)15-13(16)9-14-7-8-17-3;/h10-12,14H,4-9H2,1-3H3,(H,15,16);1H. The van der Waals surface area contributed by atoms with Crippen molar-refractivity contribution in [2.75, 3.05) is 26.8 Å². The Bertz CT molecular complexity index is 239. The molecule has 3 unspecified atom stereocenters. The minimum absolute atomic E-state index is 0. The van der Waals surface area contributed by atoms with Crippen molar-refractivity contribution in [3.63, 3.8) is 0 Å². The van der Waals surface area contributed by atoms with Gasteiger partial charge in [0.2, 0.25) is 5.91 Å². The molecule has 3 atom stereocenters. The van der Waals surface area contributed by atoms with Gasteiger partial charge in [0.1, 0.15) is 0 Å². The minimum Gasteiger partial charge on any atom is -0.383 e. The highest BCUT2D eigenvalue weighted by Crippen LogP contribution is 2.29. The normalized spacial score (nSPS) is 27.4. The zero-order valence-electron chi connectivity index (χ0n) is 11.7. The Morgan fingerprint density at radius 2 is 2.06 bits per heavy atom. The van der Waals surface area contributed by atoms with Crippen LogP contribution in [-0.4, -0.2) is 38.8 Å². The number of amides is 1. The average molecular weight is 279 g/mol. The highest BCUT2D eigenvalue weighted by atomic mass is 35.5. The number of carbonyl (C=O) groups excluding carboxylic acids is 1. The molecule has 1 amide bonds. The molecule has 0 aliphatic heterocycles. The van der Waals surface area contributed by atoms with Gasteiger partial charge in [-0.15, -0.1) is 12.4 Å². The zero-order chi connectivity index (χ0) is 12.7. The van der Waals surface area contributed by atoms with Crippen molar-refractivity contribution in [2.45, 2.75) is 39.2 Å². The van der Waals surface area contributed by atoms with E-state index in [2.05, 4.69) is 24.5 Å². The maximum atomic E-state index is 11.7. The van der Waals surface area contributed by atoms with E-state index in [0.717, 1.165) is 18.9 Å². The van der Waals surface area contributed by atoms with Crippen LogP contribution in [0.1, 0.15) is 33.1 Å². The number of carbonyl (C=O) groups is 1. The van der Waals surface area contributed by atoms with Gasteiger partial charge in [0.25, 0.3) is 0 Å². The van der Waals surface area contributed by atoms with Gasteiger partial charge in [0.05, 0.1) is 13.2 Å². The van der Waals surface area contributed by atoms with Gasteiger partial charge < -0.3 is 15.4 Å². The Labute approximate surface area is 117 Å². The molecule has 0 radical (unpaired) electrons. The van der Waals surface area contributed by atoms with Gasteiger partial charge in [0, 0.05) is 19.7 Å². The van der Waals surface area contributed by atoms with Crippen molar-refractivity contribution < 1.29 is 9.53 Å². The van der Waals surface area contributed by atoms with E-state index in [1.54, 1.807) is 7.11 Å². The van der Waals surface area contributed by atoms with Crippen molar-refractivity contribution in [1.29, 1.82) is 0 Å². The third-order valence-corrected chi connectivity index (χ3v) is 3.82. The Balaban J connectivity index is 0.00000289. The van der Waals surface area contributed by atoms with E-state index in [4.69, 9.17) is 4.74 Å². The summed E-state index contributed by atoms with van der Waals surface area (Å²) in [7, 11) is 1.66. The first kappa shape index (κ1) is 17.7. The Morgan fingerprint density at radius 3 is 2.72 bits per heavy atom. The van der Waals surface area contributed by atoms with Crippen LogP contribution in [0.15, 0.2) is 0 Å². The molecule has 1 aliphatic carbocycles. The van der Waals surface area contributed by atoms with Crippen LogP contribution in [0.4, 0.5) is 0 Å². The molecule has 18 heavy (non-hydrogen) atoms. The Kier molecular flexibility index (Phi) is 9.42. The summed E-state index contributed by atoms with van der Waals surface area (Å²) in [6.45, 7) is 6.28. The van der Waals surface area contributed by atoms with Crippen molar-refractivity contribution in [2.24, 2.45) is 11.8 Å². The van der Waals surface area contributed by atoms with Crippen LogP contribution in [0.5, 0.6) is 0 Å². The fourth-order valence-electron chi connectivity index (χ4n) is 2.42.